The number of carbonyl (C=O) groups excluding carboxylic acids is 3. The highest BCUT2D eigenvalue weighted by Crippen LogP contribution is 2.43. The standard InChI is InChI=1S/C20H28N4O3/c1-13-5-6-15(21-11-13)22-16(25)12-24-17(26)20(23-18(24)27)9-7-14(8-10-20)19(2,3)4/h5-6,11,14H,7-10,12H2,1-4H3,(H,23,27)(H,21,22,25). The van der Waals surface area contributed by atoms with Crippen LogP contribution in [0, 0.1) is 18.3 Å². The van der Waals surface area contributed by atoms with Crippen molar-refractivity contribution in [2.75, 3.05) is 11.9 Å². The van der Waals surface area contributed by atoms with E-state index in [4.69, 9.17) is 0 Å². The molecule has 1 aromatic rings. The van der Waals surface area contributed by atoms with E-state index in [1.54, 1.807) is 12.3 Å². The van der Waals surface area contributed by atoms with Gasteiger partial charge in [0.15, 0.2) is 0 Å². The number of amides is 4. The Hall–Kier alpha value is -2.44. The Morgan fingerprint density at radius 3 is 2.52 bits per heavy atom. The second-order valence-electron chi connectivity index (χ2n) is 8.81. The summed E-state index contributed by atoms with van der Waals surface area (Å²) >= 11 is 0. The van der Waals surface area contributed by atoms with Gasteiger partial charge in [-0.25, -0.2) is 9.78 Å². The maximum Gasteiger partial charge on any atom is 0.325 e. The van der Waals surface area contributed by atoms with E-state index in [9.17, 15) is 14.4 Å². The fourth-order valence-electron chi connectivity index (χ4n) is 4.00. The molecular formula is C20H28N4O3. The van der Waals surface area contributed by atoms with Crippen LogP contribution in [0.4, 0.5) is 10.6 Å². The monoisotopic (exact) mass is 372 g/mol. The first-order valence-corrected chi connectivity index (χ1v) is 9.47. The highest BCUT2D eigenvalue weighted by atomic mass is 16.2. The summed E-state index contributed by atoms with van der Waals surface area (Å²) in [6, 6.07) is 3.04. The fourth-order valence-corrected chi connectivity index (χ4v) is 4.00. The Morgan fingerprint density at radius 2 is 1.96 bits per heavy atom. The third-order valence-corrected chi connectivity index (χ3v) is 5.79. The minimum atomic E-state index is -0.846. The number of hydrogen-bond acceptors (Lipinski definition) is 4. The van der Waals surface area contributed by atoms with Gasteiger partial charge in [0.25, 0.3) is 5.91 Å². The zero-order valence-electron chi connectivity index (χ0n) is 16.5. The summed E-state index contributed by atoms with van der Waals surface area (Å²) in [5.41, 5.74) is 0.324. The molecule has 3 rings (SSSR count). The Labute approximate surface area is 159 Å². The average molecular weight is 372 g/mol. The first-order chi connectivity index (χ1) is 12.6. The van der Waals surface area contributed by atoms with Crippen LogP contribution in [0.25, 0.3) is 0 Å². The number of pyridine rings is 1. The molecule has 7 heteroatoms. The van der Waals surface area contributed by atoms with Gasteiger partial charge in [-0.2, -0.15) is 0 Å². The minimum Gasteiger partial charge on any atom is -0.323 e. The van der Waals surface area contributed by atoms with E-state index < -0.39 is 17.5 Å². The molecule has 1 aromatic heterocycles. The van der Waals surface area contributed by atoms with Gasteiger partial charge >= 0.3 is 6.03 Å². The molecule has 2 heterocycles. The summed E-state index contributed by atoms with van der Waals surface area (Å²) in [5.74, 6) is 0.206. The van der Waals surface area contributed by atoms with E-state index in [0.717, 1.165) is 23.3 Å². The molecule has 2 fully saturated rings. The molecule has 1 saturated heterocycles. The third kappa shape index (κ3) is 3.96. The topological polar surface area (TPSA) is 91.4 Å². The normalized spacial score (nSPS) is 25.6. The van der Waals surface area contributed by atoms with Crippen LogP contribution in [0.3, 0.4) is 0 Å². The van der Waals surface area contributed by atoms with Crippen molar-refractivity contribution in [1.29, 1.82) is 0 Å². The summed E-state index contributed by atoms with van der Waals surface area (Å²) < 4.78 is 0. The molecule has 0 radical (unpaired) electrons. The lowest BCUT2D eigenvalue weighted by atomic mass is 9.67. The number of aromatic nitrogens is 1. The van der Waals surface area contributed by atoms with E-state index in [0.29, 0.717) is 24.6 Å². The predicted octanol–water partition coefficient (Wildman–Crippen LogP) is 2.86. The number of rotatable bonds is 3. The molecule has 146 valence electrons. The molecule has 0 aromatic carbocycles. The molecule has 7 nitrogen and oxygen atoms in total. The lowest BCUT2D eigenvalue weighted by molar-refractivity contribution is -0.135. The molecule has 1 saturated carbocycles. The minimum absolute atomic E-state index is 0.188. The van der Waals surface area contributed by atoms with Crippen LogP contribution in [0.15, 0.2) is 18.3 Å². The number of nitrogens with zero attached hydrogens (tertiary/aromatic N) is 2. The van der Waals surface area contributed by atoms with Crippen LogP contribution in [-0.4, -0.2) is 39.8 Å². The van der Waals surface area contributed by atoms with E-state index in [2.05, 4.69) is 36.4 Å². The van der Waals surface area contributed by atoms with E-state index in [1.165, 1.54) is 0 Å². The van der Waals surface area contributed by atoms with Gasteiger partial charge in [0, 0.05) is 6.20 Å². The Morgan fingerprint density at radius 1 is 1.30 bits per heavy atom. The van der Waals surface area contributed by atoms with Gasteiger partial charge in [-0.3, -0.25) is 14.5 Å². The quantitative estimate of drug-likeness (QED) is 0.798. The molecular weight excluding hydrogens is 344 g/mol. The highest BCUT2D eigenvalue weighted by Gasteiger charge is 2.53. The van der Waals surface area contributed by atoms with Crippen molar-refractivity contribution in [2.24, 2.45) is 11.3 Å². The van der Waals surface area contributed by atoms with Crippen LogP contribution >= 0.6 is 0 Å². The highest BCUT2D eigenvalue weighted by molar-refractivity contribution is 6.10. The fraction of sp³-hybridized carbons (Fsp3) is 0.600. The maximum atomic E-state index is 12.9. The molecule has 0 unspecified atom stereocenters. The molecule has 1 aliphatic carbocycles. The molecule has 0 atom stereocenters. The molecule has 0 bridgehead atoms. The summed E-state index contributed by atoms with van der Waals surface area (Å²) in [6.45, 7) is 8.23. The smallest absolute Gasteiger partial charge is 0.323 e. The van der Waals surface area contributed by atoms with E-state index in [1.807, 2.05) is 13.0 Å². The first kappa shape index (κ1) is 19.3. The SMILES string of the molecule is Cc1ccc(NC(=O)CN2C(=O)NC3(CCC(C(C)(C)C)CC3)C2=O)nc1. The second kappa shape index (κ2) is 6.94. The van der Waals surface area contributed by atoms with Crippen molar-refractivity contribution >= 4 is 23.7 Å². The molecule has 2 N–H and O–H groups in total. The van der Waals surface area contributed by atoms with Crippen LogP contribution in [0.1, 0.15) is 52.0 Å². The Balaban J connectivity index is 1.63. The second-order valence-corrected chi connectivity index (χ2v) is 8.81. The average Bonchev–Trinajstić information content (AvgIpc) is 2.81. The van der Waals surface area contributed by atoms with Crippen molar-refractivity contribution in [3.8, 4) is 0 Å². The van der Waals surface area contributed by atoms with Gasteiger partial charge in [0.2, 0.25) is 5.91 Å². The number of urea groups is 1. The lowest BCUT2D eigenvalue weighted by Gasteiger charge is -2.40. The van der Waals surface area contributed by atoms with Gasteiger partial charge < -0.3 is 10.6 Å². The van der Waals surface area contributed by atoms with Crippen LogP contribution in [0.2, 0.25) is 0 Å². The van der Waals surface area contributed by atoms with Crippen LogP contribution in [0.5, 0.6) is 0 Å². The summed E-state index contributed by atoms with van der Waals surface area (Å²) in [4.78, 5) is 42.7. The molecule has 27 heavy (non-hydrogen) atoms. The van der Waals surface area contributed by atoms with Crippen molar-refractivity contribution in [1.82, 2.24) is 15.2 Å². The summed E-state index contributed by atoms with van der Waals surface area (Å²) in [5, 5.41) is 5.49. The van der Waals surface area contributed by atoms with E-state index >= 15 is 0 Å². The Bertz CT molecular complexity index is 743. The number of imide groups is 1. The number of nitrogens with one attached hydrogen (secondary N) is 2. The van der Waals surface area contributed by atoms with Gasteiger partial charge in [-0.05, 0) is 55.6 Å². The zero-order chi connectivity index (χ0) is 19.8. The third-order valence-electron chi connectivity index (χ3n) is 5.79. The summed E-state index contributed by atoms with van der Waals surface area (Å²) in [6.07, 6.45) is 4.67. The largest absolute Gasteiger partial charge is 0.325 e. The van der Waals surface area contributed by atoms with Gasteiger partial charge in [0.05, 0.1) is 0 Å². The number of anilines is 1. The van der Waals surface area contributed by atoms with Crippen molar-refractivity contribution in [3.63, 3.8) is 0 Å². The number of aryl methyl sites for hydroxylation is 1. The summed E-state index contributed by atoms with van der Waals surface area (Å²) in [7, 11) is 0. The number of hydrogen-bond donors (Lipinski definition) is 2. The molecule has 1 aliphatic heterocycles. The van der Waals surface area contributed by atoms with Crippen LogP contribution in [-0.2, 0) is 9.59 Å². The molecule has 2 aliphatic rings. The van der Waals surface area contributed by atoms with Crippen molar-refractivity contribution in [2.45, 2.75) is 58.9 Å². The first-order valence-electron chi connectivity index (χ1n) is 9.47. The van der Waals surface area contributed by atoms with Gasteiger partial charge in [-0.1, -0.05) is 26.8 Å². The van der Waals surface area contributed by atoms with Crippen LogP contribution < -0.4 is 10.6 Å². The Kier molecular flexibility index (Phi) is 4.97. The van der Waals surface area contributed by atoms with E-state index in [-0.39, 0.29) is 17.9 Å². The van der Waals surface area contributed by atoms with Gasteiger partial charge in [0.1, 0.15) is 17.9 Å². The maximum absolute atomic E-state index is 12.9. The molecule has 1 spiro atoms. The zero-order valence-corrected chi connectivity index (χ0v) is 16.5. The predicted molar refractivity (Wildman–Crippen MR) is 102 cm³/mol. The molecule has 4 amide bonds. The number of carbonyl (C=O) groups is 3. The van der Waals surface area contributed by atoms with Gasteiger partial charge in [-0.15, -0.1) is 0 Å². The lowest BCUT2D eigenvalue weighted by Crippen LogP contribution is -2.51. The van der Waals surface area contributed by atoms with Crippen molar-refractivity contribution in [3.05, 3.63) is 23.9 Å². The van der Waals surface area contributed by atoms with Crippen molar-refractivity contribution < 1.29 is 14.4 Å².